The summed E-state index contributed by atoms with van der Waals surface area (Å²) in [6.07, 6.45) is 0. The van der Waals surface area contributed by atoms with Gasteiger partial charge in [-0.25, -0.2) is 0 Å². The van der Waals surface area contributed by atoms with Crippen LogP contribution in [0.1, 0.15) is 0 Å². The minimum atomic E-state index is -0.785. The zero-order valence-corrected chi connectivity index (χ0v) is 11.7. The Labute approximate surface area is 125 Å². The summed E-state index contributed by atoms with van der Waals surface area (Å²) in [5.74, 6) is -1.55. The standard InChI is InChI=1S/C14H10Cl2N2O2/c15-11-7-6-10(8-12(11)16)18-14(20)13(19)17-9-4-2-1-3-5-9/h1-8H,(H,17,19)(H,18,20). The number of hydrogen-bond donors (Lipinski definition) is 2. The molecule has 0 saturated heterocycles. The maximum atomic E-state index is 11.7. The fraction of sp³-hybridized carbons (Fsp3) is 0. The van der Waals surface area contributed by atoms with E-state index in [1.54, 1.807) is 30.3 Å². The van der Waals surface area contributed by atoms with E-state index in [4.69, 9.17) is 23.2 Å². The van der Waals surface area contributed by atoms with Crippen molar-refractivity contribution in [3.63, 3.8) is 0 Å². The molecular formula is C14H10Cl2N2O2. The van der Waals surface area contributed by atoms with Crippen molar-refractivity contribution in [1.29, 1.82) is 0 Å². The number of carbonyl (C=O) groups excluding carboxylic acids is 2. The molecule has 0 atom stereocenters. The first-order chi connectivity index (χ1) is 9.56. The Morgan fingerprint density at radius 3 is 1.95 bits per heavy atom. The number of nitrogens with one attached hydrogen (secondary N) is 2. The van der Waals surface area contributed by atoms with Gasteiger partial charge in [-0.1, -0.05) is 41.4 Å². The number of carbonyl (C=O) groups is 2. The zero-order valence-electron chi connectivity index (χ0n) is 10.2. The number of hydrogen-bond acceptors (Lipinski definition) is 2. The molecule has 0 unspecified atom stereocenters. The van der Waals surface area contributed by atoms with E-state index in [-0.39, 0.29) is 0 Å². The average Bonchev–Trinajstić information content (AvgIpc) is 2.44. The minimum absolute atomic E-state index is 0.299. The average molecular weight is 309 g/mol. The number of anilines is 2. The summed E-state index contributed by atoms with van der Waals surface area (Å²) in [4.78, 5) is 23.4. The molecule has 0 radical (unpaired) electrons. The topological polar surface area (TPSA) is 58.2 Å². The van der Waals surface area contributed by atoms with Crippen LogP contribution in [-0.2, 0) is 9.59 Å². The summed E-state index contributed by atoms with van der Waals surface area (Å²) in [7, 11) is 0. The monoisotopic (exact) mass is 308 g/mol. The third-order valence-corrected chi connectivity index (χ3v) is 3.15. The predicted octanol–water partition coefficient (Wildman–Crippen LogP) is 3.57. The van der Waals surface area contributed by atoms with E-state index in [0.717, 1.165) is 0 Å². The van der Waals surface area contributed by atoms with Gasteiger partial charge in [-0.2, -0.15) is 0 Å². The Balaban J connectivity index is 2.01. The smallest absolute Gasteiger partial charge is 0.314 e. The van der Waals surface area contributed by atoms with E-state index >= 15 is 0 Å². The lowest BCUT2D eigenvalue weighted by atomic mass is 10.3. The van der Waals surface area contributed by atoms with Crippen LogP contribution < -0.4 is 10.6 Å². The number of rotatable bonds is 2. The first-order valence-corrected chi connectivity index (χ1v) is 6.44. The van der Waals surface area contributed by atoms with Crippen molar-refractivity contribution < 1.29 is 9.59 Å². The molecule has 2 aromatic carbocycles. The Hall–Kier alpha value is -2.04. The number of halogens is 2. The normalized spacial score (nSPS) is 9.90. The molecule has 102 valence electrons. The summed E-state index contributed by atoms with van der Waals surface area (Å²) >= 11 is 11.6. The van der Waals surface area contributed by atoms with E-state index in [2.05, 4.69) is 10.6 Å². The second kappa shape index (κ2) is 6.41. The summed E-state index contributed by atoms with van der Waals surface area (Å²) < 4.78 is 0. The third-order valence-electron chi connectivity index (χ3n) is 2.42. The van der Waals surface area contributed by atoms with Crippen LogP contribution in [0.5, 0.6) is 0 Å². The Morgan fingerprint density at radius 2 is 1.35 bits per heavy atom. The Bertz CT molecular complexity index is 645. The first kappa shape index (κ1) is 14.4. The van der Waals surface area contributed by atoms with Gasteiger partial charge in [0.05, 0.1) is 10.0 Å². The highest BCUT2D eigenvalue weighted by Gasteiger charge is 2.14. The highest BCUT2D eigenvalue weighted by atomic mass is 35.5. The van der Waals surface area contributed by atoms with Gasteiger partial charge in [0.1, 0.15) is 0 Å². The number of para-hydroxylation sites is 1. The van der Waals surface area contributed by atoms with Gasteiger partial charge >= 0.3 is 11.8 Å². The van der Waals surface area contributed by atoms with Gasteiger partial charge in [0.25, 0.3) is 0 Å². The van der Waals surface area contributed by atoms with Crippen molar-refractivity contribution in [2.45, 2.75) is 0 Å². The fourth-order valence-electron chi connectivity index (χ4n) is 1.47. The zero-order chi connectivity index (χ0) is 14.5. The molecule has 0 saturated carbocycles. The summed E-state index contributed by atoms with van der Waals surface area (Å²) in [6, 6.07) is 13.3. The van der Waals surface area contributed by atoms with Crippen molar-refractivity contribution in [3.8, 4) is 0 Å². The van der Waals surface area contributed by atoms with Crippen LogP contribution in [0.15, 0.2) is 48.5 Å². The molecule has 0 heterocycles. The molecule has 0 aromatic heterocycles. The Morgan fingerprint density at radius 1 is 0.750 bits per heavy atom. The molecule has 0 aliphatic heterocycles. The van der Waals surface area contributed by atoms with Crippen LogP contribution in [0, 0.1) is 0 Å². The lowest BCUT2D eigenvalue weighted by Gasteiger charge is -2.07. The highest BCUT2D eigenvalue weighted by molar-refractivity contribution is 6.44. The van der Waals surface area contributed by atoms with E-state index in [9.17, 15) is 9.59 Å². The summed E-state index contributed by atoms with van der Waals surface area (Å²) in [5, 5.41) is 5.59. The SMILES string of the molecule is O=C(Nc1ccccc1)C(=O)Nc1ccc(Cl)c(Cl)c1. The molecule has 0 aliphatic rings. The largest absolute Gasteiger partial charge is 0.318 e. The maximum absolute atomic E-state index is 11.7. The van der Waals surface area contributed by atoms with Gasteiger partial charge in [-0.3, -0.25) is 9.59 Å². The molecule has 0 fully saturated rings. The van der Waals surface area contributed by atoms with Crippen molar-refractivity contribution in [2.75, 3.05) is 10.6 Å². The molecule has 4 nitrogen and oxygen atoms in total. The quantitative estimate of drug-likeness (QED) is 0.833. The lowest BCUT2D eigenvalue weighted by molar-refractivity contribution is -0.132. The van der Waals surface area contributed by atoms with E-state index in [0.29, 0.717) is 21.4 Å². The molecule has 0 spiro atoms. The van der Waals surface area contributed by atoms with Crippen LogP contribution in [0.4, 0.5) is 11.4 Å². The van der Waals surface area contributed by atoms with E-state index in [1.165, 1.54) is 12.1 Å². The molecule has 2 rings (SSSR count). The first-order valence-electron chi connectivity index (χ1n) is 5.68. The molecule has 2 aromatic rings. The maximum Gasteiger partial charge on any atom is 0.314 e. The summed E-state index contributed by atoms with van der Waals surface area (Å²) in [6.45, 7) is 0. The van der Waals surface area contributed by atoms with Gasteiger partial charge in [0, 0.05) is 11.4 Å². The molecule has 2 N–H and O–H groups in total. The molecular weight excluding hydrogens is 299 g/mol. The second-order valence-electron chi connectivity index (χ2n) is 3.90. The van der Waals surface area contributed by atoms with Gasteiger partial charge in [0.15, 0.2) is 0 Å². The van der Waals surface area contributed by atoms with Crippen LogP contribution in [0.3, 0.4) is 0 Å². The molecule has 6 heteroatoms. The van der Waals surface area contributed by atoms with Crippen molar-refractivity contribution >= 4 is 46.4 Å². The van der Waals surface area contributed by atoms with Crippen molar-refractivity contribution in [1.82, 2.24) is 0 Å². The Kier molecular flexibility index (Phi) is 4.61. The van der Waals surface area contributed by atoms with Crippen LogP contribution in [0.2, 0.25) is 10.0 Å². The predicted molar refractivity (Wildman–Crippen MR) is 80.2 cm³/mol. The van der Waals surface area contributed by atoms with Gasteiger partial charge in [-0.15, -0.1) is 0 Å². The molecule has 2 amide bonds. The second-order valence-corrected chi connectivity index (χ2v) is 4.72. The van der Waals surface area contributed by atoms with Crippen molar-refractivity contribution in [2.24, 2.45) is 0 Å². The van der Waals surface area contributed by atoms with Crippen molar-refractivity contribution in [3.05, 3.63) is 58.6 Å². The lowest BCUT2D eigenvalue weighted by Crippen LogP contribution is -2.29. The fourth-order valence-corrected chi connectivity index (χ4v) is 1.77. The molecule has 0 aliphatic carbocycles. The number of amides is 2. The summed E-state index contributed by atoms with van der Waals surface area (Å²) in [5.41, 5.74) is 0.939. The minimum Gasteiger partial charge on any atom is -0.318 e. The molecule has 20 heavy (non-hydrogen) atoms. The van der Waals surface area contributed by atoms with Crippen LogP contribution >= 0.6 is 23.2 Å². The van der Waals surface area contributed by atoms with E-state index < -0.39 is 11.8 Å². The van der Waals surface area contributed by atoms with Gasteiger partial charge < -0.3 is 10.6 Å². The van der Waals surface area contributed by atoms with Crippen LogP contribution in [-0.4, -0.2) is 11.8 Å². The van der Waals surface area contributed by atoms with Crippen LogP contribution in [0.25, 0.3) is 0 Å². The third kappa shape index (κ3) is 3.73. The van der Waals surface area contributed by atoms with Gasteiger partial charge in [-0.05, 0) is 30.3 Å². The van der Waals surface area contributed by atoms with Gasteiger partial charge in [0.2, 0.25) is 0 Å². The highest BCUT2D eigenvalue weighted by Crippen LogP contribution is 2.24. The molecule has 0 bridgehead atoms. The van der Waals surface area contributed by atoms with E-state index in [1.807, 2.05) is 6.07 Å². The number of benzene rings is 2.